The largest absolute Gasteiger partial charge is 0.305 e. The Morgan fingerprint density at radius 1 is 1.18 bits per heavy atom. The van der Waals surface area contributed by atoms with Crippen molar-refractivity contribution in [3.63, 3.8) is 0 Å². The molecule has 0 saturated carbocycles. The van der Waals surface area contributed by atoms with Gasteiger partial charge in [-0.25, -0.2) is 15.0 Å². The van der Waals surface area contributed by atoms with Gasteiger partial charge in [-0.2, -0.15) is 0 Å². The summed E-state index contributed by atoms with van der Waals surface area (Å²) in [5.74, 6) is 0.0999. The summed E-state index contributed by atoms with van der Waals surface area (Å²) in [6.45, 7) is 1.92. The van der Waals surface area contributed by atoms with E-state index in [1.807, 2.05) is 13.0 Å². The van der Waals surface area contributed by atoms with Gasteiger partial charge in [-0.15, -0.1) is 0 Å². The first-order chi connectivity index (χ1) is 8.15. The van der Waals surface area contributed by atoms with Gasteiger partial charge in [-0.05, 0) is 18.6 Å². The molecule has 0 radical (unpaired) electrons. The van der Waals surface area contributed by atoms with Gasteiger partial charge < -0.3 is 5.32 Å². The average Bonchev–Trinajstić information content (AvgIpc) is 2.33. The second kappa shape index (κ2) is 4.88. The number of pyridine rings is 1. The summed E-state index contributed by atoms with van der Waals surface area (Å²) < 4.78 is 0. The van der Waals surface area contributed by atoms with Gasteiger partial charge in [-0.3, -0.25) is 4.79 Å². The van der Waals surface area contributed by atoms with E-state index in [2.05, 4.69) is 20.3 Å². The van der Waals surface area contributed by atoms with Crippen molar-refractivity contribution in [1.29, 1.82) is 0 Å². The third kappa shape index (κ3) is 2.98. The predicted octanol–water partition coefficient (Wildman–Crippen LogP) is 2.09. The van der Waals surface area contributed by atoms with Crippen LogP contribution in [-0.4, -0.2) is 20.9 Å². The molecule has 0 unspecified atom stereocenters. The maximum Gasteiger partial charge on any atom is 0.277 e. The van der Waals surface area contributed by atoms with Crippen molar-refractivity contribution < 1.29 is 4.79 Å². The highest BCUT2D eigenvalue weighted by Crippen LogP contribution is 2.06. The maximum atomic E-state index is 11.7. The molecular weight excluding hydrogens is 240 g/mol. The molecule has 1 N–H and O–H groups in total. The Kier molecular flexibility index (Phi) is 3.30. The minimum absolute atomic E-state index is 0.191. The van der Waals surface area contributed by atoms with Crippen molar-refractivity contribution in [2.24, 2.45) is 0 Å². The molecular formula is C11H9ClN4O. The number of aryl methyl sites for hydroxylation is 1. The number of carbonyl (C=O) groups excluding carboxylic acids is 1. The van der Waals surface area contributed by atoms with Crippen LogP contribution in [0.2, 0.25) is 5.15 Å². The van der Waals surface area contributed by atoms with Crippen LogP contribution < -0.4 is 5.32 Å². The average molecular weight is 249 g/mol. The van der Waals surface area contributed by atoms with Gasteiger partial charge in [0.15, 0.2) is 0 Å². The molecule has 1 amide bonds. The fourth-order valence-electron chi connectivity index (χ4n) is 1.15. The molecule has 0 aliphatic carbocycles. The van der Waals surface area contributed by atoms with E-state index in [9.17, 15) is 4.79 Å². The second-order valence-electron chi connectivity index (χ2n) is 3.40. The van der Waals surface area contributed by atoms with E-state index in [-0.39, 0.29) is 16.8 Å². The number of anilines is 1. The number of carbonyl (C=O) groups is 1. The zero-order valence-corrected chi connectivity index (χ0v) is 9.77. The first-order valence-corrected chi connectivity index (χ1v) is 5.24. The van der Waals surface area contributed by atoms with E-state index in [1.165, 1.54) is 12.4 Å². The third-order valence-corrected chi connectivity index (χ3v) is 2.20. The summed E-state index contributed by atoms with van der Waals surface area (Å²) in [6, 6.07) is 3.58. The second-order valence-corrected chi connectivity index (χ2v) is 3.79. The molecule has 86 valence electrons. The van der Waals surface area contributed by atoms with Crippen LogP contribution in [0.1, 0.15) is 16.1 Å². The van der Waals surface area contributed by atoms with E-state index < -0.39 is 0 Å². The maximum absolute atomic E-state index is 11.7. The van der Waals surface area contributed by atoms with Crippen molar-refractivity contribution >= 4 is 23.3 Å². The number of hydrogen-bond acceptors (Lipinski definition) is 4. The van der Waals surface area contributed by atoms with Gasteiger partial charge in [0.1, 0.15) is 16.7 Å². The summed E-state index contributed by atoms with van der Waals surface area (Å²) in [4.78, 5) is 23.4. The summed E-state index contributed by atoms with van der Waals surface area (Å²) in [6.07, 6.45) is 4.30. The van der Waals surface area contributed by atoms with E-state index in [0.29, 0.717) is 5.82 Å². The Labute approximate surface area is 103 Å². The molecule has 0 aliphatic rings. The molecule has 0 aliphatic heterocycles. The number of hydrogen-bond donors (Lipinski definition) is 1. The Morgan fingerprint density at radius 3 is 2.59 bits per heavy atom. The van der Waals surface area contributed by atoms with Crippen LogP contribution in [-0.2, 0) is 0 Å². The van der Waals surface area contributed by atoms with Crippen LogP contribution in [0.25, 0.3) is 0 Å². The first kappa shape index (κ1) is 11.5. The zero-order chi connectivity index (χ0) is 12.3. The summed E-state index contributed by atoms with van der Waals surface area (Å²) in [5, 5.41) is 2.85. The smallest absolute Gasteiger partial charge is 0.277 e. The van der Waals surface area contributed by atoms with Crippen LogP contribution in [0, 0.1) is 6.92 Å². The van der Waals surface area contributed by atoms with Gasteiger partial charge in [0, 0.05) is 6.20 Å². The van der Waals surface area contributed by atoms with Crippen LogP contribution in [0.3, 0.4) is 0 Å². The fourth-order valence-corrected chi connectivity index (χ4v) is 1.25. The van der Waals surface area contributed by atoms with Crippen LogP contribution in [0.4, 0.5) is 5.82 Å². The highest BCUT2D eigenvalue weighted by molar-refractivity contribution is 6.29. The first-order valence-electron chi connectivity index (χ1n) is 4.87. The molecule has 0 fully saturated rings. The predicted molar refractivity (Wildman–Crippen MR) is 64.0 cm³/mol. The lowest BCUT2D eigenvalue weighted by molar-refractivity contribution is 0.102. The lowest BCUT2D eigenvalue weighted by atomic mass is 10.3. The molecule has 0 aromatic carbocycles. The number of amides is 1. The quantitative estimate of drug-likeness (QED) is 0.884. The van der Waals surface area contributed by atoms with Gasteiger partial charge in [-0.1, -0.05) is 17.7 Å². The SMILES string of the molecule is Cc1ccc(NC(=O)c2cnc(Cl)cn2)nc1. The van der Waals surface area contributed by atoms with Crippen LogP contribution in [0.5, 0.6) is 0 Å². The molecule has 2 rings (SSSR count). The topological polar surface area (TPSA) is 67.8 Å². The third-order valence-electron chi connectivity index (χ3n) is 2.01. The van der Waals surface area contributed by atoms with Crippen molar-refractivity contribution in [1.82, 2.24) is 15.0 Å². The molecule has 0 spiro atoms. The Hall–Kier alpha value is -2.01. The lowest BCUT2D eigenvalue weighted by Crippen LogP contribution is -2.14. The molecule has 0 bridgehead atoms. The molecule has 2 heterocycles. The highest BCUT2D eigenvalue weighted by atomic mass is 35.5. The molecule has 6 heteroatoms. The standard InChI is InChI=1S/C11H9ClN4O/c1-7-2-3-10(15-4-7)16-11(17)8-5-14-9(12)6-13-8/h2-6H,1H3,(H,15,16,17). The van der Waals surface area contributed by atoms with Crippen molar-refractivity contribution in [3.8, 4) is 0 Å². The van der Waals surface area contributed by atoms with E-state index in [1.54, 1.807) is 12.3 Å². The number of aromatic nitrogens is 3. The number of nitrogens with zero attached hydrogens (tertiary/aromatic N) is 3. The Bertz CT molecular complexity index is 524. The van der Waals surface area contributed by atoms with Gasteiger partial charge >= 0.3 is 0 Å². The lowest BCUT2D eigenvalue weighted by Gasteiger charge is -2.03. The molecule has 2 aromatic rings. The van der Waals surface area contributed by atoms with Gasteiger partial charge in [0.25, 0.3) is 5.91 Å². The van der Waals surface area contributed by atoms with Gasteiger partial charge in [0.2, 0.25) is 0 Å². The normalized spacial score (nSPS) is 10.0. The Balaban J connectivity index is 2.11. The van der Waals surface area contributed by atoms with E-state index in [0.717, 1.165) is 5.56 Å². The molecule has 5 nitrogen and oxygen atoms in total. The minimum Gasteiger partial charge on any atom is -0.305 e. The van der Waals surface area contributed by atoms with E-state index >= 15 is 0 Å². The summed E-state index contributed by atoms with van der Waals surface area (Å²) in [5.41, 5.74) is 1.21. The minimum atomic E-state index is -0.370. The number of nitrogens with one attached hydrogen (secondary N) is 1. The molecule has 0 saturated heterocycles. The number of halogens is 1. The summed E-state index contributed by atoms with van der Waals surface area (Å²) >= 11 is 5.58. The highest BCUT2D eigenvalue weighted by Gasteiger charge is 2.08. The molecule has 2 aromatic heterocycles. The van der Waals surface area contributed by atoms with Crippen LogP contribution >= 0.6 is 11.6 Å². The van der Waals surface area contributed by atoms with E-state index in [4.69, 9.17) is 11.6 Å². The van der Waals surface area contributed by atoms with Crippen molar-refractivity contribution in [2.45, 2.75) is 6.92 Å². The molecule has 17 heavy (non-hydrogen) atoms. The van der Waals surface area contributed by atoms with Crippen LogP contribution in [0.15, 0.2) is 30.7 Å². The number of rotatable bonds is 2. The Morgan fingerprint density at radius 2 is 2.00 bits per heavy atom. The van der Waals surface area contributed by atoms with Crippen molar-refractivity contribution in [3.05, 3.63) is 47.1 Å². The molecule has 0 atom stereocenters. The van der Waals surface area contributed by atoms with Crippen molar-refractivity contribution in [2.75, 3.05) is 5.32 Å². The van der Waals surface area contributed by atoms with Gasteiger partial charge in [0.05, 0.1) is 12.4 Å². The monoisotopic (exact) mass is 248 g/mol. The summed E-state index contributed by atoms with van der Waals surface area (Å²) in [7, 11) is 0. The zero-order valence-electron chi connectivity index (χ0n) is 9.01. The fraction of sp³-hybridized carbons (Fsp3) is 0.0909.